The van der Waals surface area contributed by atoms with Gasteiger partial charge in [-0.05, 0) is 46.9 Å². The smallest absolute Gasteiger partial charge is 0.328 e. The van der Waals surface area contributed by atoms with E-state index >= 15 is 0 Å². The second-order valence-electron chi connectivity index (χ2n) is 5.97. The van der Waals surface area contributed by atoms with Gasteiger partial charge in [0.25, 0.3) is 0 Å². The van der Waals surface area contributed by atoms with Crippen molar-refractivity contribution in [1.29, 1.82) is 0 Å². The molecule has 3 heteroatoms. The van der Waals surface area contributed by atoms with E-state index in [0.717, 1.165) is 28.9 Å². The summed E-state index contributed by atoms with van der Waals surface area (Å²) < 4.78 is 5.82. The molecule has 3 rings (SSSR count). The number of ether oxygens (including phenoxy) is 1. The SMILES string of the molecule is O=C(O)C=Cc1ccc(COc2ccccc2)cc1Cc1ccccc1. The first-order valence-electron chi connectivity index (χ1n) is 8.45. The zero-order valence-corrected chi connectivity index (χ0v) is 14.3. The highest BCUT2D eigenvalue weighted by Crippen LogP contribution is 2.20. The zero-order valence-electron chi connectivity index (χ0n) is 14.3. The molecule has 26 heavy (non-hydrogen) atoms. The summed E-state index contributed by atoms with van der Waals surface area (Å²) in [6, 6.07) is 25.8. The molecule has 0 spiro atoms. The summed E-state index contributed by atoms with van der Waals surface area (Å²) in [7, 11) is 0. The molecule has 0 amide bonds. The molecule has 0 aliphatic rings. The minimum atomic E-state index is -0.952. The lowest BCUT2D eigenvalue weighted by Crippen LogP contribution is -1.99. The van der Waals surface area contributed by atoms with Crippen LogP contribution in [0.4, 0.5) is 0 Å². The highest BCUT2D eigenvalue weighted by molar-refractivity contribution is 5.85. The average Bonchev–Trinajstić information content (AvgIpc) is 2.67. The zero-order chi connectivity index (χ0) is 18.2. The van der Waals surface area contributed by atoms with Crippen molar-refractivity contribution in [3.05, 3.63) is 107 Å². The third-order valence-corrected chi connectivity index (χ3v) is 4.00. The monoisotopic (exact) mass is 344 g/mol. The van der Waals surface area contributed by atoms with Crippen LogP contribution < -0.4 is 4.74 Å². The fourth-order valence-electron chi connectivity index (χ4n) is 2.72. The molecule has 130 valence electrons. The number of benzene rings is 3. The van der Waals surface area contributed by atoms with E-state index in [1.807, 2.05) is 60.7 Å². The summed E-state index contributed by atoms with van der Waals surface area (Å²) in [5.41, 5.74) is 4.20. The Bertz CT molecular complexity index is 884. The van der Waals surface area contributed by atoms with E-state index in [-0.39, 0.29) is 0 Å². The molecule has 0 saturated heterocycles. The minimum Gasteiger partial charge on any atom is -0.489 e. The van der Waals surface area contributed by atoms with Crippen LogP contribution in [-0.4, -0.2) is 11.1 Å². The van der Waals surface area contributed by atoms with E-state index in [0.29, 0.717) is 6.61 Å². The van der Waals surface area contributed by atoms with Crippen LogP contribution in [0.2, 0.25) is 0 Å². The van der Waals surface area contributed by atoms with E-state index < -0.39 is 5.97 Å². The second kappa shape index (κ2) is 8.67. The van der Waals surface area contributed by atoms with Crippen LogP contribution in [0.25, 0.3) is 6.08 Å². The molecule has 0 fully saturated rings. The van der Waals surface area contributed by atoms with Gasteiger partial charge in [-0.15, -0.1) is 0 Å². The van der Waals surface area contributed by atoms with Crippen molar-refractivity contribution >= 4 is 12.0 Å². The Morgan fingerprint density at radius 3 is 2.27 bits per heavy atom. The molecule has 0 unspecified atom stereocenters. The van der Waals surface area contributed by atoms with Crippen molar-refractivity contribution in [3.63, 3.8) is 0 Å². The molecule has 0 aromatic heterocycles. The number of para-hydroxylation sites is 1. The molecular weight excluding hydrogens is 324 g/mol. The van der Waals surface area contributed by atoms with Crippen molar-refractivity contribution in [3.8, 4) is 5.75 Å². The minimum absolute atomic E-state index is 0.467. The highest BCUT2D eigenvalue weighted by Gasteiger charge is 2.05. The van der Waals surface area contributed by atoms with Gasteiger partial charge in [0.2, 0.25) is 0 Å². The van der Waals surface area contributed by atoms with Gasteiger partial charge in [0.05, 0.1) is 0 Å². The number of carbonyl (C=O) groups is 1. The second-order valence-corrected chi connectivity index (χ2v) is 5.97. The van der Waals surface area contributed by atoms with E-state index in [1.54, 1.807) is 6.08 Å². The molecule has 3 aromatic carbocycles. The Hall–Kier alpha value is -3.33. The topological polar surface area (TPSA) is 46.5 Å². The number of carboxylic acids is 1. The van der Waals surface area contributed by atoms with Gasteiger partial charge in [0.1, 0.15) is 12.4 Å². The first-order valence-corrected chi connectivity index (χ1v) is 8.45. The lowest BCUT2D eigenvalue weighted by Gasteiger charge is -2.11. The number of carboxylic acid groups (broad SMARTS) is 1. The van der Waals surface area contributed by atoms with Gasteiger partial charge >= 0.3 is 5.97 Å². The average molecular weight is 344 g/mol. The summed E-state index contributed by atoms with van der Waals surface area (Å²) in [5, 5.41) is 8.91. The summed E-state index contributed by atoms with van der Waals surface area (Å²) in [6.07, 6.45) is 3.55. The van der Waals surface area contributed by atoms with Gasteiger partial charge < -0.3 is 9.84 Å². The van der Waals surface area contributed by atoms with E-state index in [4.69, 9.17) is 9.84 Å². The van der Waals surface area contributed by atoms with Crippen molar-refractivity contribution in [2.45, 2.75) is 13.0 Å². The van der Waals surface area contributed by atoms with Gasteiger partial charge in [0, 0.05) is 6.08 Å². The Labute approximate surface area is 153 Å². The number of hydrogen-bond acceptors (Lipinski definition) is 2. The molecule has 3 nitrogen and oxygen atoms in total. The van der Waals surface area contributed by atoms with Gasteiger partial charge in [-0.25, -0.2) is 4.79 Å². The maximum absolute atomic E-state index is 10.9. The van der Waals surface area contributed by atoms with Crippen LogP contribution in [-0.2, 0) is 17.8 Å². The Morgan fingerprint density at radius 2 is 1.58 bits per heavy atom. The molecule has 0 aliphatic heterocycles. The van der Waals surface area contributed by atoms with Crippen molar-refractivity contribution in [2.75, 3.05) is 0 Å². The Balaban J connectivity index is 1.83. The van der Waals surface area contributed by atoms with Gasteiger partial charge in [-0.1, -0.05) is 66.7 Å². The van der Waals surface area contributed by atoms with Crippen LogP contribution in [0.5, 0.6) is 5.75 Å². The fraction of sp³-hybridized carbons (Fsp3) is 0.0870. The molecule has 0 bridgehead atoms. The van der Waals surface area contributed by atoms with E-state index in [1.165, 1.54) is 11.6 Å². The highest BCUT2D eigenvalue weighted by atomic mass is 16.5. The molecule has 1 N–H and O–H groups in total. The van der Waals surface area contributed by atoms with Gasteiger partial charge in [0.15, 0.2) is 0 Å². The normalized spacial score (nSPS) is 10.8. The predicted molar refractivity (Wildman–Crippen MR) is 103 cm³/mol. The molecule has 0 atom stereocenters. The maximum atomic E-state index is 10.9. The molecule has 0 saturated carbocycles. The first kappa shape index (κ1) is 17.5. The maximum Gasteiger partial charge on any atom is 0.328 e. The predicted octanol–water partition coefficient (Wildman–Crippen LogP) is 4.95. The quantitative estimate of drug-likeness (QED) is 0.617. The largest absolute Gasteiger partial charge is 0.489 e. The van der Waals surface area contributed by atoms with Crippen LogP contribution >= 0.6 is 0 Å². The van der Waals surface area contributed by atoms with E-state index in [2.05, 4.69) is 18.2 Å². The number of aliphatic carboxylic acids is 1. The standard InChI is InChI=1S/C23H20O3/c24-23(25)14-13-20-12-11-19(17-26-22-9-5-2-6-10-22)16-21(20)15-18-7-3-1-4-8-18/h1-14,16H,15,17H2,(H,24,25). The van der Waals surface area contributed by atoms with Crippen LogP contribution in [0.3, 0.4) is 0 Å². The van der Waals surface area contributed by atoms with Crippen LogP contribution in [0.15, 0.2) is 84.9 Å². The van der Waals surface area contributed by atoms with E-state index in [9.17, 15) is 4.79 Å². The molecule has 3 aromatic rings. The summed E-state index contributed by atoms with van der Waals surface area (Å²) in [4.78, 5) is 10.9. The summed E-state index contributed by atoms with van der Waals surface area (Å²) >= 11 is 0. The van der Waals surface area contributed by atoms with Gasteiger partial charge in [-0.3, -0.25) is 0 Å². The third-order valence-electron chi connectivity index (χ3n) is 4.00. The lowest BCUT2D eigenvalue weighted by molar-refractivity contribution is -0.131. The molecular formula is C23H20O3. The lowest BCUT2D eigenvalue weighted by atomic mass is 9.97. The van der Waals surface area contributed by atoms with Crippen LogP contribution in [0, 0.1) is 0 Å². The fourth-order valence-corrected chi connectivity index (χ4v) is 2.72. The van der Waals surface area contributed by atoms with Crippen molar-refractivity contribution in [2.24, 2.45) is 0 Å². The molecule has 0 heterocycles. The summed E-state index contributed by atoms with van der Waals surface area (Å²) in [6.45, 7) is 0.467. The molecule has 0 aliphatic carbocycles. The Morgan fingerprint density at radius 1 is 0.885 bits per heavy atom. The Kier molecular flexibility index (Phi) is 5.84. The van der Waals surface area contributed by atoms with Crippen LogP contribution in [0.1, 0.15) is 22.3 Å². The van der Waals surface area contributed by atoms with Gasteiger partial charge in [-0.2, -0.15) is 0 Å². The number of rotatable bonds is 7. The van der Waals surface area contributed by atoms with Crippen molar-refractivity contribution < 1.29 is 14.6 Å². The summed E-state index contributed by atoms with van der Waals surface area (Å²) in [5.74, 6) is -0.126. The number of hydrogen-bond donors (Lipinski definition) is 1. The van der Waals surface area contributed by atoms with Crippen molar-refractivity contribution in [1.82, 2.24) is 0 Å². The third kappa shape index (κ3) is 5.08. The first-order chi connectivity index (χ1) is 12.7. The molecule has 0 radical (unpaired) electrons.